The fourth-order valence-electron chi connectivity index (χ4n) is 1.35. The van der Waals surface area contributed by atoms with Crippen molar-refractivity contribution >= 4 is 16.3 Å². The number of hydrogen-bond donors (Lipinski definition) is 1. The van der Waals surface area contributed by atoms with E-state index < -0.39 is 4.92 Å². The Hall–Kier alpha value is -1.73. The van der Waals surface area contributed by atoms with Crippen molar-refractivity contribution in [3.05, 3.63) is 34.2 Å². The summed E-state index contributed by atoms with van der Waals surface area (Å²) >= 11 is 1.06. The highest BCUT2D eigenvalue weighted by atomic mass is 32.1. The summed E-state index contributed by atoms with van der Waals surface area (Å²) in [7, 11) is 0. The van der Waals surface area contributed by atoms with Gasteiger partial charge in [-0.2, -0.15) is 0 Å². The van der Waals surface area contributed by atoms with E-state index in [1.54, 1.807) is 12.3 Å². The van der Waals surface area contributed by atoms with Crippen LogP contribution in [-0.4, -0.2) is 15.9 Å². The molecule has 0 atom stereocenters. The zero-order valence-electron chi connectivity index (χ0n) is 10.0. The Balaban J connectivity index is 2.11. The van der Waals surface area contributed by atoms with Crippen molar-refractivity contribution in [3.8, 4) is 10.8 Å². The maximum Gasteiger partial charge on any atom is 0.324 e. The van der Waals surface area contributed by atoms with Gasteiger partial charge in [0.15, 0.2) is 0 Å². The molecule has 0 bridgehead atoms. The second-order valence-electron chi connectivity index (χ2n) is 4.07. The predicted octanol–water partition coefficient (Wildman–Crippen LogP) is 2.81. The molecule has 18 heavy (non-hydrogen) atoms. The number of nitro groups is 1. The van der Waals surface area contributed by atoms with Crippen LogP contribution in [0.2, 0.25) is 0 Å². The molecule has 96 valence electrons. The van der Waals surface area contributed by atoms with Gasteiger partial charge in [-0.15, -0.1) is 0 Å². The van der Waals surface area contributed by atoms with Crippen LogP contribution in [0.15, 0.2) is 22.8 Å². The Labute approximate surface area is 108 Å². The lowest BCUT2D eigenvalue weighted by atomic mass is 10.3. The first-order valence-corrected chi connectivity index (χ1v) is 6.30. The zero-order valence-corrected chi connectivity index (χ0v) is 10.9. The van der Waals surface area contributed by atoms with Crippen LogP contribution in [0.3, 0.4) is 0 Å². The largest absolute Gasteiger partial charge is 0.444 e. The van der Waals surface area contributed by atoms with E-state index in [4.69, 9.17) is 4.42 Å². The van der Waals surface area contributed by atoms with E-state index in [1.807, 2.05) is 13.8 Å². The summed E-state index contributed by atoms with van der Waals surface area (Å²) in [5.41, 5.74) is 0.787. The van der Waals surface area contributed by atoms with Crippen LogP contribution in [0.1, 0.15) is 19.5 Å². The van der Waals surface area contributed by atoms with E-state index in [2.05, 4.69) is 10.3 Å². The van der Waals surface area contributed by atoms with Crippen LogP contribution in [0.5, 0.6) is 0 Å². The van der Waals surface area contributed by atoms with Gasteiger partial charge in [-0.05, 0) is 6.07 Å². The SMILES string of the molecule is CC(C)NCc1coc(-c2ccc([N+](=O)[O-])s2)n1. The van der Waals surface area contributed by atoms with Gasteiger partial charge in [0, 0.05) is 18.7 Å². The van der Waals surface area contributed by atoms with E-state index >= 15 is 0 Å². The highest BCUT2D eigenvalue weighted by Crippen LogP contribution is 2.31. The predicted molar refractivity (Wildman–Crippen MR) is 68.4 cm³/mol. The standard InChI is InChI=1S/C11H13N3O3S/c1-7(2)12-5-8-6-17-11(13-8)9-3-4-10(18-9)14(15)16/h3-4,6-7,12H,5H2,1-2H3. The molecule has 2 aromatic heterocycles. The van der Waals surface area contributed by atoms with Gasteiger partial charge in [0.2, 0.25) is 5.89 Å². The van der Waals surface area contributed by atoms with E-state index in [9.17, 15) is 10.1 Å². The molecule has 0 aliphatic rings. The van der Waals surface area contributed by atoms with Gasteiger partial charge in [-0.1, -0.05) is 25.2 Å². The lowest BCUT2D eigenvalue weighted by Crippen LogP contribution is -2.21. The number of thiophene rings is 1. The molecule has 6 nitrogen and oxygen atoms in total. The third-order valence-electron chi connectivity index (χ3n) is 2.23. The number of nitrogens with zero attached hydrogens (tertiary/aromatic N) is 2. The lowest BCUT2D eigenvalue weighted by Gasteiger charge is -2.03. The molecule has 0 saturated carbocycles. The van der Waals surface area contributed by atoms with E-state index in [0.717, 1.165) is 17.0 Å². The number of oxazole rings is 1. The maximum absolute atomic E-state index is 10.6. The minimum absolute atomic E-state index is 0.0880. The van der Waals surface area contributed by atoms with Crippen molar-refractivity contribution in [2.45, 2.75) is 26.4 Å². The Bertz CT molecular complexity index is 547. The third kappa shape index (κ3) is 2.93. The highest BCUT2D eigenvalue weighted by molar-refractivity contribution is 7.18. The van der Waals surface area contributed by atoms with E-state index in [1.165, 1.54) is 6.07 Å². The second-order valence-corrected chi connectivity index (χ2v) is 5.14. The van der Waals surface area contributed by atoms with Gasteiger partial charge < -0.3 is 9.73 Å². The number of hydrogen-bond acceptors (Lipinski definition) is 6. The zero-order chi connectivity index (χ0) is 13.1. The van der Waals surface area contributed by atoms with Gasteiger partial charge in [0.05, 0.1) is 15.5 Å². The van der Waals surface area contributed by atoms with Gasteiger partial charge in [-0.25, -0.2) is 4.98 Å². The molecule has 0 amide bonds. The molecule has 2 aromatic rings. The molecule has 1 N–H and O–H groups in total. The monoisotopic (exact) mass is 267 g/mol. The summed E-state index contributed by atoms with van der Waals surface area (Å²) in [6.07, 6.45) is 1.57. The smallest absolute Gasteiger partial charge is 0.324 e. The normalized spacial score (nSPS) is 11.1. The van der Waals surface area contributed by atoms with Crippen molar-refractivity contribution in [1.82, 2.24) is 10.3 Å². The van der Waals surface area contributed by atoms with E-state index in [-0.39, 0.29) is 5.00 Å². The molecule has 0 aromatic carbocycles. The molecule has 7 heteroatoms. The molecular formula is C11H13N3O3S. The number of rotatable bonds is 5. The second kappa shape index (κ2) is 5.28. The minimum atomic E-state index is -0.418. The molecule has 0 aliphatic carbocycles. The quantitative estimate of drug-likeness (QED) is 0.665. The third-order valence-corrected chi connectivity index (χ3v) is 3.25. The van der Waals surface area contributed by atoms with Crippen LogP contribution in [0.25, 0.3) is 10.8 Å². The summed E-state index contributed by atoms with van der Waals surface area (Å²) in [5, 5.41) is 13.9. The molecule has 2 heterocycles. The van der Waals surface area contributed by atoms with Gasteiger partial charge in [-0.3, -0.25) is 10.1 Å². The fourth-order valence-corrected chi connectivity index (χ4v) is 2.10. The fraction of sp³-hybridized carbons (Fsp3) is 0.364. The van der Waals surface area contributed by atoms with Crippen molar-refractivity contribution in [1.29, 1.82) is 0 Å². The van der Waals surface area contributed by atoms with Gasteiger partial charge in [0.1, 0.15) is 6.26 Å². The summed E-state index contributed by atoms with van der Waals surface area (Å²) in [5.74, 6) is 0.425. The Morgan fingerprint density at radius 3 is 2.94 bits per heavy atom. The molecule has 0 aliphatic heterocycles. The summed E-state index contributed by atoms with van der Waals surface area (Å²) in [6.45, 7) is 4.71. The van der Waals surface area contributed by atoms with Crippen molar-refractivity contribution in [2.24, 2.45) is 0 Å². The molecule has 0 spiro atoms. The molecule has 0 fully saturated rings. The molecular weight excluding hydrogens is 254 g/mol. The van der Waals surface area contributed by atoms with Crippen molar-refractivity contribution < 1.29 is 9.34 Å². The van der Waals surface area contributed by atoms with Crippen LogP contribution >= 0.6 is 11.3 Å². The van der Waals surface area contributed by atoms with Crippen LogP contribution < -0.4 is 5.32 Å². The van der Waals surface area contributed by atoms with Gasteiger partial charge >= 0.3 is 5.00 Å². The number of nitrogens with one attached hydrogen (secondary N) is 1. The lowest BCUT2D eigenvalue weighted by molar-refractivity contribution is -0.380. The van der Waals surface area contributed by atoms with Crippen LogP contribution in [0, 0.1) is 10.1 Å². The van der Waals surface area contributed by atoms with Crippen LogP contribution in [0.4, 0.5) is 5.00 Å². The average molecular weight is 267 g/mol. The summed E-state index contributed by atoms with van der Waals surface area (Å²) in [6, 6.07) is 3.47. The highest BCUT2D eigenvalue weighted by Gasteiger charge is 2.14. The first-order valence-electron chi connectivity index (χ1n) is 5.48. The molecule has 0 saturated heterocycles. The average Bonchev–Trinajstić information content (AvgIpc) is 2.95. The minimum Gasteiger partial charge on any atom is -0.444 e. The van der Waals surface area contributed by atoms with E-state index in [0.29, 0.717) is 23.4 Å². The van der Waals surface area contributed by atoms with Crippen molar-refractivity contribution in [2.75, 3.05) is 0 Å². The Morgan fingerprint density at radius 1 is 1.56 bits per heavy atom. The van der Waals surface area contributed by atoms with Gasteiger partial charge in [0.25, 0.3) is 0 Å². The first-order chi connectivity index (χ1) is 8.56. The van der Waals surface area contributed by atoms with Crippen molar-refractivity contribution in [3.63, 3.8) is 0 Å². The summed E-state index contributed by atoms with van der Waals surface area (Å²) in [4.78, 5) is 15.1. The maximum atomic E-state index is 10.6. The van der Waals surface area contributed by atoms with Crippen LogP contribution in [-0.2, 0) is 6.54 Å². The topological polar surface area (TPSA) is 81.2 Å². The molecule has 2 rings (SSSR count). The Morgan fingerprint density at radius 2 is 2.33 bits per heavy atom. The molecule has 0 radical (unpaired) electrons. The summed E-state index contributed by atoms with van der Waals surface area (Å²) < 4.78 is 5.31. The Kier molecular flexibility index (Phi) is 3.73. The first kappa shape index (κ1) is 12.7. The number of aromatic nitrogens is 1. The molecule has 0 unspecified atom stereocenters.